The highest BCUT2D eigenvalue weighted by molar-refractivity contribution is 5.87. The Morgan fingerprint density at radius 3 is 3.05 bits per heavy atom. The number of methoxy groups -OCH3 is 1. The molecule has 0 unspecified atom stereocenters. The van der Waals surface area contributed by atoms with Crippen LogP contribution in [0.1, 0.15) is 16.1 Å². The third-order valence-corrected chi connectivity index (χ3v) is 3.40. The van der Waals surface area contributed by atoms with E-state index in [-0.39, 0.29) is 5.69 Å². The number of nitrogens with one attached hydrogen (secondary N) is 1. The van der Waals surface area contributed by atoms with Crippen molar-refractivity contribution >= 4 is 17.5 Å². The van der Waals surface area contributed by atoms with Crippen LogP contribution in [0.5, 0.6) is 0 Å². The van der Waals surface area contributed by atoms with Crippen molar-refractivity contribution in [1.82, 2.24) is 15.3 Å². The van der Waals surface area contributed by atoms with Crippen molar-refractivity contribution in [3.05, 3.63) is 47.9 Å². The highest BCUT2D eigenvalue weighted by atomic mass is 16.5. The molecular weight excluding hydrogens is 268 g/mol. The Bertz CT molecular complexity index is 660. The molecule has 1 aromatic carbocycles. The number of hydrogen-bond acceptors (Lipinski definition) is 6. The van der Waals surface area contributed by atoms with Crippen LogP contribution in [0.25, 0.3) is 0 Å². The lowest BCUT2D eigenvalue weighted by Crippen LogP contribution is -2.25. The summed E-state index contributed by atoms with van der Waals surface area (Å²) < 4.78 is 4.70. The molecule has 0 radical (unpaired) electrons. The second-order valence-electron chi connectivity index (χ2n) is 4.71. The number of para-hydroxylation sites is 1. The largest absolute Gasteiger partial charge is 0.464 e. The lowest BCUT2D eigenvalue weighted by molar-refractivity contribution is 0.0593. The van der Waals surface area contributed by atoms with E-state index in [0.29, 0.717) is 5.82 Å². The number of carbonyl (C=O) groups is 1. The molecule has 108 valence electrons. The summed E-state index contributed by atoms with van der Waals surface area (Å²) in [7, 11) is 1.34. The summed E-state index contributed by atoms with van der Waals surface area (Å²) in [6, 6.07) is 8.14. The molecule has 3 rings (SSSR count). The molecule has 0 atom stereocenters. The number of benzene rings is 1. The van der Waals surface area contributed by atoms with Crippen molar-refractivity contribution in [2.75, 3.05) is 25.1 Å². The minimum absolute atomic E-state index is 0.213. The first kappa shape index (κ1) is 13.5. The summed E-state index contributed by atoms with van der Waals surface area (Å²) in [6.45, 7) is 2.41. The van der Waals surface area contributed by atoms with Crippen LogP contribution in [0.4, 0.5) is 11.5 Å². The van der Waals surface area contributed by atoms with Crippen molar-refractivity contribution in [1.29, 1.82) is 0 Å². The van der Waals surface area contributed by atoms with E-state index in [4.69, 9.17) is 4.74 Å². The van der Waals surface area contributed by atoms with Gasteiger partial charge in [0, 0.05) is 25.3 Å². The molecule has 0 bridgehead atoms. The van der Waals surface area contributed by atoms with E-state index in [9.17, 15) is 4.79 Å². The van der Waals surface area contributed by atoms with Crippen molar-refractivity contribution in [3.8, 4) is 0 Å². The van der Waals surface area contributed by atoms with Gasteiger partial charge in [-0.2, -0.15) is 0 Å². The van der Waals surface area contributed by atoms with E-state index in [1.54, 1.807) is 6.20 Å². The average molecular weight is 284 g/mol. The quantitative estimate of drug-likeness (QED) is 0.843. The summed E-state index contributed by atoms with van der Waals surface area (Å²) in [5, 5.41) is 3.37. The number of carbonyl (C=O) groups excluding carboxylic acids is 1. The van der Waals surface area contributed by atoms with Gasteiger partial charge >= 0.3 is 5.97 Å². The van der Waals surface area contributed by atoms with Gasteiger partial charge in [0.05, 0.1) is 19.5 Å². The molecule has 0 amide bonds. The number of hydrogen-bond donors (Lipinski definition) is 1. The van der Waals surface area contributed by atoms with Crippen molar-refractivity contribution in [2.24, 2.45) is 0 Å². The van der Waals surface area contributed by atoms with Crippen LogP contribution < -0.4 is 10.2 Å². The fourth-order valence-electron chi connectivity index (χ4n) is 2.38. The molecule has 1 aliphatic rings. The zero-order valence-electron chi connectivity index (χ0n) is 11.7. The van der Waals surface area contributed by atoms with Crippen LogP contribution in [0.3, 0.4) is 0 Å². The lowest BCUT2D eigenvalue weighted by Gasteiger charge is -2.23. The Kier molecular flexibility index (Phi) is 3.79. The van der Waals surface area contributed by atoms with Gasteiger partial charge in [0.2, 0.25) is 0 Å². The normalized spacial score (nSPS) is 14.2. The standard InChI is InChI=1S/C15H16N4O2/c1-21-15(20)12-9-17-10-14(18-12)19-7-6-16-8-11-4-2-3-5-13(11)19/h2-5,9-10,16H,6-8H2,1H3. The van der Waals surface area contributed by atoms with Crippen molar-refractivity contribution < 1.29 is 9.53 Å². The van der Waals surface area contributed by atoms with Crippen molar-refractivity contribution in [2.45, 2.75) is 6.54 Å². The van der Waals surface area contributed by atoms with Crippen LogP contribution in [-0.2, 0) is 11.3 Å². The number of aromatic nitrogens is 2. The van der Waals surface area contributed by atoms with Gasteiger partial charge in [0.25, 0.3) is 0 Å². The van der Waals surface area contributed by atoms with E-state index >= 15 is 0 Å². The maximum absolute atomic E-state index is 11.6. The van der Waals surface area contributed by atoms with Crippen LogP contribution >= 0.6 is 0 Å². The fourth-order valence-corrected chi connectivity index (χ4v) is 2.38. The number of nitrogens with zero attached hydrogens (tertiary/aromatic N) is 3. The second-order valence-corrected chi connectivity index (χ2v) is 4.71. The summed E-state index contributed by atoms with van der Waals surface area (Å²) in [6.07, 6.45) is 3.08. The number of ether oxygens (including phenoxy) is 1. The third kappa shape index (κ3) is 2.71. The van der Waals surface area contributed by atoms with E-state index in [2.05, 4.69) is 32.3 Å². The Balaban J connectivity index is 2.02. The number of fused-ring (bicyclic) bond motifs is 1. The molecule has 0 spiro atoms. The van der Waals surface area contributed by atoms with E-state index < -0.39 is 5.97 Å². The molecule has 6 nitrogen and oxygen atoms in total. The number of esters is 1. The summed E-state index contributed by atoms with van der Waals surface area (Å²) >= 11 is 0. The summed E-state index contributed by atoms with van der Waals surface area (Å²) in [5.41, 5.74) is 2.49. The van der Waals surface area contributed by atoms with Gasteiger partial charge in [0.1, 0.15) is 0 Å². The van der Waals surface area contributed by atoms with Gasteiger partial charge in [-0.15, -0.1) is 0 Å². The van der Waals surface area contributed by atoms with Crippen molar-refractivity contribution in [3.63, 3.8) is 0 Å². The number of anilines is 2. The molecule has 2 aromatic rings. The van der Waals surface area contributed by atoms with Gasteiger partial charge in [-0.3, -0.25) is 4.98 Å². The zero-order chi connectivity index (χ0) is 14.7. The first-order chi connectivity index (χ1) is 10.3. The van der Waals surface area contributed by atoms with E-state index in [0.717, 1.165) is 25.3 Å². The van der Waals surface area contributed by atoms with E-state index in [1.807, 2.05) is 12.1 Å². The summed E-state index contributed by atoms with van der Waals surface area (Å²) in [4.78, 5) is 22.1. The SMILES string of the molecule is COC(=O)c1cncc(N2CCNCc3ccccc32)n1. The first-order valence-electron chi connectivity index (χ1n) is 6.76. The zero-order valence-corrected chi connectivity index (χ0v) is 11.7. The Labute approximate surface area is 122 Å². The molecule has 1 N–H and O–H groups in total. The Morgan fingerprint density at radius 1 is 1.33 bits per heavy atom. The molecule has 1 aromatic heterocycles. The molecule has 0 saturated heterocycles. The molecule has 0 saturated carbocycles. The monoisotopic (exact) mass is 284 g/mol. The molecular formula is C15H16N4O2. The minimum Gasteiger partial charge on any atom is -0.464 e. The van der Waals surface area contributed by atoms with Crippen LogP contribution in [0, 0.1) is 0 Å². The van der Waals surface area contributed by atoms with Gasteiger partial charge in [-0.1, -0.05) is 18.2 Å². The molecule has 6 heteroatoms. The second kappa shape index (κ2) is 5.88. The maximum atomic E-state index is 11.6. The highest BCUT2D eigenvalue weighted by Gasteiger charge is 2.19. The number of rotatable bonds is 2. The summed E-state index contributed by atoms with van der Waals surface area (Å²) in [5.74, 6) is 0.166. The average Bonchev–Trinajstić information content (AvgIpc) is 2.76. The Hall–Kier alpha value is -2.47. The Morgan fingerprint density at radius 2 is 2.19 bits per heavy atom. The van der Waals surface area contributed by atoms with Gasteiger partial charge in [0.15, 0.2) is 11.5 Å². The van der Waals surface area contributed by atoms with Crippen LogP contribution in [0.2, 0.25) is 0 Å². The molecule has 1 aliphatic heterocycles. The maximum Gasteiger partial charge on any atom is 0.358 e. The predicted molar refractivity (Wildman–Crippen MR) is 78.5 cm³/mol. The third-order valence-electron chi connectivity index (χ3n) is 3.40. The van der Waals surface area contributed by atoms with Crippen LogP contribution in [0.15, 0.2) is 36.7 Å². The van der Waals surface area contributed by atoms with Crippen LogP contribution in [-0.4, -0.2) is 36.1 Å². The predicted octanol–water partition coefficient (Wildman–Crippen LogP) is 1.50. The minimum atomic E-state index is -0.481. The molecule has 0 fully saturated rings. The van der Waals surface area contributed by atoms with Gasteiger partial charge < -0.3 is 15.0 Å². The topological polar surface area (TPSA) is 67.3 Å². The first-order valence-corrected chi connectivity index (χ1v) is 6.76. The smallest absolute Gasteiger partial charge is 0.358 e. The lowest BCUT2D eigenvalue weighted by atomic mass is 10.1. The molecule has 2 heterocycles. The van der Waals surface area contributed by atoms with Gasteiger partial charge in [-0.25, -0.2) is 9.78 Å². The van der Waals surface area contributed by atoms with E-state index in [1.165, 1.54) is 18.9 Å². The molecule has 21 heavy (non-hydrogen) atoms. The highest BCUT2D eigenvalue weighted by Crippen LogP contribution is 2.28. The van der Waals surface area contributed by atoms with Gasteiger partial charge in [-0.05, 0) is 11.6 Å². The molecule has 0 aliphatic carbocycles. The fraction of sp³-hybridized carbons (Fsp3) is 0.267.